The third-order valence-electron chi connectivity index (χ3n) is 3.58. The van der Waals surface area contributed by atoms with E-state index in [1.807, 2.05) is 49.4 Å². The highest BCUT2D eigenvalue weighted by atomic mass is 35.5. The molecule has 3 rings (SSSR count). The summed E-state index contributed by atoms with van der Waals surface area (Å²) in [7, 11) is 0. The molecule has 4 nitrogen and oxygen atoms in total. The Kier molecular flexibility index (Phi) is 4.44. The Labute approximate surface area is 139 Å². The van der Waals surface area contributed by atoms with Gasteiger partial charge in [-0.25, -0.2) is 0 Å². The predicted molar refractivity (Wildman–Crippen MR) is 92.8 cm³/mol. The molecule has 0 aliphatic rings. The molecule has 0 saturated heterocycles. The molecule has 5 heteroatoms. The summed E-state index contributed by atoms with van der Waals surface area (Å²) in [5, 5.41) is 7.73. The normalized spacial score (nSPS) is 10.5. The molecule has 0 saturated carbocycles. The highest BCUT2D eigenvalue weighted by Gasteiger charge is 2.18. The first kappa shape index (κ1) is 15.3. The van der Waals surface area contributed by atoms with Crippen LogP contribution in [0.5, 0.6) is 0 Å². The molecule has 0 aliphatic carbocycles. The first-order valence-corrected chi connectivity index (χ1v) is 7.75. The van der Waals surface area contributed by atoms with Crippen LogP contribution in [0, 0.1) is 0 Å². The molecule has 2 aromatic carbocycles. The maximum Gasteiger partial charge on any atom is 0.276 e. The van der Waals surface area contributed by atoms with E-state index in [1.54, 1.807) is 23.1 Å². The van der Waals surface area contributed by atoms with Crippen LogP contribution >= 0.6 is 11.6 Å². The Balaban J connectivity index is 1.87. The lowest BCUT2D eigenvalue weighted by Gasteiger charge is -2.19. The quantitative estimate of drug-likeness (QED) is 0.773. The van der Waals surface area contributed by atoms with Gasteiger partial charge in [0, 0.05) is 22.8 Å². The Morgan fingerprint density at radius 3 is 2.48 bits per heavy atom. The van der Waals surface area contributed by atoms with Gasteiger partial charge >= 0.3 is 0 Å². The monoisotopic (exact) mass is 325 g/mol. The van der Waals surface area contributed by atoms with Gasteiger partial charge in [0.1, 0.15) is 5.69 Å². The van der Waals surface area contributed by atoms with Crippen LogP contribution in [0.1, 0.15) is 17.4 Å². The molecule has 0 atom stereocenters. The minimum absolute atomic E-state index is 0.105. The van der Waals surface area contributed by atoms with E-state index in [4.69, 9.17) is 11.6 Å². The third kappa shape index (κ3) is 3.27. The second-order valence-corrected chi connectivity index (χ2v) is 5.50. The molecule has 0 radical (unpaired) electrons. The van der Waals surface area contributed by atoms with E-state index in [0.717, 1.165) is 11.3 Å². The van der Waals surface area contributed by atoms with Crippen LogP contribution in [0.3, 0.4) is 0 Å². The smallest absolute Gasteiger partial charge is 0.276 e. The summed E-state index contributed by atoms with van der Waals surface area (Å²) >= 11 is 5.89. The van der Waals surface area contributed by atoms with Crippen molar-refractivity contribution in [2.24, 2.45) is 0 Å². The summed E-state index contributed by atoms with van der Waals surface area (Å²) in [6.07, 6.45) is 0. The van der Waals surface area contributed by atoms with Gasteiger partial charge in [0.15, 0.2) is 0 Å². The summed E-state index contributed by atoms with van der Waals surface area (Å²) in [4.78, 5) is 14.4. The Morgan fingerprint density at radius 2 is 1.83 bits per heavy atom. The van der Waals surface area contributed by atoms with Crippen LogP contribution in [-0.4, -0.2) is 22.6 Å². The fourth-order valence-electron chi connectivity index (χ4n) is 2.40. The van der Waals surface area contributed by atoms with Crippen LogP contribution in [-0.2, 0) is 0 Å². The minimum Gasteiger partial charge on any atom is -0.307 e. The number of nitrogens with zero attached hydrogens (tertiary/aromatic N) is 2. The fraction of sp³-hybridized carbons (Fsp3) is 0.111. The first-order chi connectivity index (χ1) is 11.2. The van der Waals surface area contributed by atoms with Crippen molar-refractivity contribution in [3.63, 3.8) is 0 Å². The van der Waals surface area contributed by atoms with Crippen LogP contribution in [0.15, 0.2) is 60.7 Å². The molecular formula is C18H16ClN3O. The van der Waals surface area contributed by atoms with Crippen molar-refractivity contribution < 1.29 is 4.79 Å². The van der Waals surface area contributed by atoms with Gasteiger partial charge in [-0.05, 0) is 37.3 Å². The number of hydrogen-bond donors (Lipinski definition) is 1. The highest BCUT2D eigenvalue weighted by Crippen LogP contribution is 2.22. The molecule has 23 heavy (non-hydrogen) atoms. The van der Waals surface area contributed by atoms with E-state index in [1.165, 1.54) is 0 Å². The number of hydrogen-bond acceptors (Lipinski definition) is 2. The van der Waals surface area contributed by atoms with Crippen molar-refractivity contribution in [2.45, 2.75) is 6.92 Å². The number of carbonyl (C=O) groups is 1. The average Bonchev–Trinajstić information content (AvgIpc) is 3.07. The van der Waals surface area contributed by atoms with E-state index < -0.39 is 0 Å². The number of aromatic amines is 1. The Hall–Kier alpha value is -2.59. The lowest BCUT2D eigenvalue weighted by molar-refractivity contribution is 0.0983. The minimum atomic E-state index is -0.105. The summed E-state index contributed by atoms with van der Waals surface area (Å²) < 4.78 is 0. The van der Waals surface area contributed by atoms with E-state index in [9.17, 15) is 4.79 Å². The van der Waals surface area contributed by atoms with Gasteiger partial charge in [-0.3, -0.25) is 9.89 Å². The SMILES string of the molecule is CCN(C(=O)c1cc(-c2ccc(Cl)cc2)n[nH]1)c1ccccc1. The van der Waals surface area contributed by atoms with Crippen LogP contribution in [0.25, 0.3) is 11.3 Å². The van der Waals surface area contributed by atoms with E-state index >= 15 is 0 Å². The topological polar surface area (TPSA) is 49.0 Å². The van der Waals surface area contributed by atoms with Crippen molar-refractivity contribution >= 4 is 23.2 Å². The van der Waals surface area contributed by atoms with Crippen molar-refractivity contribution in [1.82, 2.24) is 10.2 Å². The molecule has 0 bridgehead atoms. The number of anilines is 1. The number of H-pyrrole nitrogens is 1. The lowest BCUT2D eigenvalue weighted by Crippen LogP contribution is -2.30. The Bertz CT molecular complexity index is 797. The molecule has 1 aromatic heterocycles. The van der Waals surface area contributed by atoms with Crippen LogP contribution in [0.4, 0.5) is 5.69 Å². The molecule has 3 aromatic rings. The molecule has 0 aliphatic heterocycles. The van der Waals surface area contributed by atoms with Crippen molar-refractivity contribution in [3.8, 4) is 11.3 Å². The van der Waals surface area contributed by atoms with Gasteiger partial charge in [0.05, 0.1) is 5.69 Å². The van der Waals surface area contributed by atoms with Crippen molar-refractivity contribution in [1.29, 1.82) is 0 Å². The summed E-state index contributed by atoms with van der Waals surface area (Å²) in [5.41, 5.74) is 2.95. The van der Waals surface area contributed by atoms with Gasteiger partial charge < -0.3 is 4.90 Å². The second-order valence-electron chi connectivity index (χ2n) is 5.06. The number of amides is 1. The molecule has 1 heterocycles. The number of para-hydroxylation sites is 1. The van der Waals surface area contributed by atoms with Crippen molar-refractivity contribution in [3.05, 3.63) is 71.4 Å². The second kappa shape index (κ2) is 6.67. The molecule has 1 amide bonds. The van der Waals surface area contributed by atoms with Gasteiger partial charge in [0.25, 0.3) is 5.91 Å². The standard InChI is InChI=1S/C18H16ClN3O/c1-2-22(15-6-4-3-5-7-15)18(23)17-12-16(20-21-17)13-8-10-14(19)11-9-13/h3-12H,2H2,1H3,(H,20,21). The highest BCUT2D eigenvalue weighted by molar-refractivity contribution is 6.30. The zero-order valence-corrected chi connectivity index (χ0v) is 13.4. The molecular weight excluding hydrogens is 310 g/mol. The lowest BCUT2D eigenvalue weighted by atomic mass is 10.1. The van der Waals surface area contributed by atoms with Crippen LogP contribution in [0.2, 0.25) is 5.02 Å². The molecule has 0 fully saturated rings. The van der Waals surface area contributed by atoms with Gasteiger partial charge in [-0.1, -0.05) is 41.9 Å². The number of benzene rings is 2. The Morgan fingerprint density at radius 1 is 1.13 bits per heavy atom. The zero-order valence-electron chi connectivity index (χ0n) is 12.7. The van der Waals surface area contributed by atoms with Gasteiger partial charge in [0.2, 0.25) is 0 Å². The predicted octanol–water partition coefficient (Wildman–Crippen LogP) is 4.40. The largest absolute Gasteiger partial charge is 0.307 e. The van der Waals surface area contributed by atoms with E-state index in [-0.39, 0.29) is 5.91 Å². The number of aromatic nitrogens is 2. The maximum atomic E-state index is 12.7. The molecule has 0 unspecified atom stereocenters. The van der Waals surface area contributed by atoms with Crippen LogP contribution < -0.4 is 4.90 Å². The summed E-state index contributed by atoms with van der Waals surface area (Å²) in [5.74, 6) is -0.105. The van der Waals surface area contributed by atoms with Gasteiger partial charge in [-0.2, -0.15) is 5.10 Å². The first-order valence-electron chi connectivity index (χ1n) is 7.37. The summed E-state index contributed by atoms with van der Waals surface area (Å²) in [6, 6.07) is 18.7. The number of nitrogens with one attached hydrogen (secondary N) is 1. The number of rotatable bonds is 4. The molecule has 1 N–H and O–H groups in total. The average molecular weight is 326 g/mol. The zero-order chi connectivity index (χ0) is 16.2. The fourth-order valence-corrected chi connectivity index (χ4v) is 2.52. The molecule has 116 valence electrons. The van der Waals surface area contributed by atoms with Crippen molar-refractivity contribution in [2.75, 3.05) is 11.4 Å². The summed E-state index contributed by atoms with van der Waals surface area (Å²) in [6.45, 7) is 2.53. The maximum absolute atomic E-state index is 12.7. The van der Waals surface area contributed by atoms with E-state index in [0.29, 0.717) is 23.0 Å². The number of halogens is 1. The third-order valence-corrected chi connectivity index (χ3v) is 3.83. The molecule has 0 spiro atoms. The van der Waals surface area contributed by atoms with E-state index in [2.05, 4.69) is 10.2 Å². The van der Waals surface area contributed by atoms with Gasteiger partial charge in [-0.15, -0.1) is 0 Å². The number of carbonyl (C=O) groups excluding carboxylic acids is 1.